The van der Waals surface area contributed by atoms with Crippen LogP contribution in [0.4, 0.5) is 5.69 Å². The molecular weight excluding hydrogens is 344 g/mol. The van der Waals surface area contributed by atoms with Gasteiger partial charge in [0.15, 0.2) is 17.6 Å². The summed E-state index contributed by atoms with van der Waals surface area (Å²) in [6, 6.07) is 2.42. The summed E-state index contributed by atoms with van der Waals surface area (Å²) >= 11 is 0. The molecule has 5 atom stereocenters. The summed E-state index contributed by atoms with van der Waals surface area (Å²) in [6.45, 7) is 4.96. The lowest BCUT2D eigenvalue weighted by Gasteiger charge is -2.54. The third-order valence-corrected chi connectivity index (χ3v) is 6.65. The molecule has 6 heteroatoms. The van der Waals surface area contributed by atoms with Crippen LogP contribution < -0.4 is 20.1 Å². The van der Waals surface area contributed by atoms with Crippen molar-refractivity contribution in [2.45, 2.75) is 50.4 Å². The number of benzene rings is 1. The van der Waals surface area contributed by atoms with E-state index >= 15 is 0 Å². The zero-order valence-electron chi connectivity index (χ0n) is 16.0. The number of esters is 1. The summed E-state index contributed by atoms with van der Waals surface area (Å²) in [5.74, 6) is 1.68. The first-order valence-corrected chi connectivity index (χ1v) is 9.86. The van der Waals surface area contributed by atoms with Gasteiger partial charge in [-0.3, -0.25) is 4.79 Å². The number of ether oxygens (including phenoxy) is 3. The van der Waals surface area contributed by atoms with Gasteiger partial charge in [-0.1, -0.05) is 6.08 Å². The molecule has 4 aliphatic rings. The van der Waals surface area contributed by atoms with E-state index in [0.717, 1.165) is 36.6 Å². The van der Waals surface area contributed by atoms with Gasteiger partial charge in [0.05, 0.1) is 6.61 Å². The van der Waals surface area contributed by atoms with Crippen LogP contribution in [0.15, 0.2) is 18.2 Å². The molecule has 1 aromatic rings. The highest BCUT2D eigenvalue weighted by Crippen LogP contribution is 2.63. The van der Waals surface area contributed by atoms with Gasteiger partial charge >= 0.3 is 5.97 Å². The molecule has 0 amide bonds. The number of rotatable bonds is 4. The number of anilines is 1. The molecular formula is C21H26N2O4. The van der Waals surface area contributed by atoms with E-state index < -0.39 is 0 Å². The minimum atomic E-state index is -0.372. The minimum Gasteiger partial charge on any atom is -0.490 e. The standard InChI is InChI=1S/C21H26N2O4/c1-4-25-17-10-14(22-3)12-9-15-13-5-6-16(26-11(2)24)20-21(13,7-8-23-15)18(12)19(17)27-20/h5-6,10,13,15-16,20,22-23H,4,7-9H2,1-3H3/t13?,15?,16-,20?,21?/m0/s1. The van der Waals surface area contributed by atoms with Crippen LogP contribution in [0.3, 0.4) is 0 Å². The summed E-state index contributed by atoms with van der Waals surface area (Å²) in [6.07, 6.45) is 5.60. The Morgan fingerprint density at radius 3 is 3.04 bits per heavy atom. The molecule has 5 rings (SSSR count). The van der Waals surface area contributed by atoms with E-state index in [0.29, 0.717) is 18.6 Å². The van der Waals surface area contributed by atoms with Crippen molar-refractivity contribution in [3.8, 4) is 11.5 Å². The fraction of sp³-hybridized carbons (Fsp3) is 0.571. The highest BCUT2D eigenvalue weighted by atomic mass is 16.6. The second kappa shape index (κ2) is 5.89. The number of hydrogen-bond acceptors (Lipinski definition) is 6. The molecule has 0 aromatic heterocycles. The van der Waals surface area contributed by atoms with E-state index in [2.05, 4.69) is 22.8 Å². The van der Waals surface area contributed by atoms with Gasteiger partial charge in [0.1, 0.15) is 6.10 Å². The minimum absolute atomic E-state index is 0.174. The Balaban J connectivity index is 1.75. The number of hydrogen-bond donors (Lipinski definition) is 2. The molecule has 2 aliphatic carbocycles. The van der Waals surface area contributed by atoms with Gasteiger partial charge in [0, 0.05) is 48.7 Å². The van der Waals surface area contributed by atoms with Crippen LogP contribution in [0.25, 0.3) is 0 Å². The molecule has 6 nitrogen and oxygen atoms in total. The molecule has 0 radical (unpaired) electrons. The highest BCUT2D eigenvalue weighted by molar-refractivity contribution is 5.72. The molecule has 144 valence electrons. The summed E-state index contributed by atoms with van der Waals surface area (Å²) < 4.78 is 18.2. The summed E-state index contributed by atoms with van der Waals surface area (Å²) in [4.78, 5) is 11.7. The molecule has 0 saturated carbocycles. The van der Waals surface area contributed by atoms with Crippen molar-refractivity contribution in [3.05, 3.63) is 29.3 Å². The first kappa shape index (κ1) is 16.9. The molecule has 2 N–H and O–H groups in total. The zero-order valence-corrected chi connectivity index (χ0v) is 16.0. The Hall–Kier alpha value is -2.21. The summed E-state index contributed by atoms with van der Waals surface area (Å²) in [5, 5.41) is 7.06. The van der Waals surface area contributed by atoms with Gasteiger partial charge in [-0.2, -0.15) is 0 Å². The van der Waals surface area contributed by atoms with Crippen LogP contribution in [-0.4, -0.2) is 44.4 Å². The van der Waals surface area contributed by atoms with Gasteiger partial charge in [0.2, 0.25) is 0 Å². The van der Waals surface area contributed by atoms with Crippen molar-refractivity contribution in [3.63, 3.8) is 0 Å². The smallest absolute Gasteiger partial charge is 0.303 e. The molecule has 2 aliphatic heterocycles. The van der Waals surface area contributed by atoms with E-state index in [4.69, 9.17) is 14.2 Å². The van der Waals surface area contributed by atoms with Gasteiger partial charge < -0.3 is 24.8 Å². The van der Waals surface area contributed by atoms with Crippen LogP contribution in [0, 0.1) is 5.92 Å². The van der Waals surface area contributed by atoms with Crippen molar-refractivity contribution in [2.75, 3.05) is 25.5 Å². The predicted molar refractivity (Wildman–Crippen MR) is 102 cm³/mol. The first-order valence-electron chi connectivity index (χ1n) is 9.86. The lowest BCUT2D eigenvalue weighted by molar-refractivity contribution is -0.151. The van der Waals surface area contributed by atoms with Crippen LogP contribution in [0.2, 0.25) is 0 Å². The maximum absolute atomic E-state index is 11.7. The highest BCUT2D eigenvalue weighted by Gasteiger charge is 2.64. The van der Waals surface area contributed by atoms with Crippen molar-refractivity contribution in [2.24, 2.45) is 5.92 Å². The second-order valence-electron chi connectivity index (χ2n) is 7.87. The Bertz CT molecular complexity index is 836. The summed E-state index contributed by atoms with van der Waals surface area (Å²) in [7, 11) is 1.96. The lowest BCUT2D eigenvalue weighted by Crippen LogP contribution is -2.65. The zero-order chi connectivity index (χ0) is 18.8. The Morgan fingerprint density at radius 2 is 2.30 bits per heavy atom. The van der Waals surface area contributed by atoms with Crippen molar-refractivity contribution in [1.29, 1.82) is 0 Å². The van der Waals surface area contributed by atoms with Crippen LogP contribution in [0.1, 0.15) is 31.4 Å². The van der Waals surface area contributed by atoms with Crippen LogP contribution in [0.5, 0.6) is 11.5 Å². The van der Waals surface area contributed by atoms with Gasteiger partial charge in [0.25, 0.3) is 0 Å². The quantitative estimate of drug-likeness (QED) is 0.625. The second-order valence-corrected chi connectivity index (χ2v) is 7.87. The lowest BCUT2D eigenvalue weighted by atomic mass is 9.53. The number of carbonyl (C=O) groups is 1. The average molecular weight is 370 g/mol. The topological polar surface area (TPSA) is 68.8 Å². The third-order valence-electron chi connectivity index (χ3n) is 6.65. The number of carbonyl (C=O) groups excluding carboxylic acids is 1. The molecule has 1 aromatic carbocycles. The van der Waals surface area contributed by atoms with Gasteiger partial charge in [-0.15, -0.1) is 0 Å². The van der Waals surface area contributed by atoms with Crippen LogP contribution in [-0.2, 0) is 21.4 Å². The Morgan fingerprint density at radius 1 is 1.44 bits per heavy atom. The average Bonchev–Trinajstić information content (AvgIpc) is 2.97. The third kappa shape index (κ3) is 2.13. The van der Waals surface area contributed by atoms with E-state index in [1.807, 2.05) is 20.0 Å². The number of piperidine rings is 1. The molecule has 4 unspecified atom stereocenters. The Kier molecular flexibility index (Phi) is 3.69. The molecule has 1 spiro atoms. The molecule has 1 fully saturated rings. The molecule has 2 bridgehead atoms. The van der Waals surface area contributed by atoms with Crippen LogP contribution >= 0.6 is 0 Å². The maximum atomic E-state index is 11.7. The first-order chi connectivity index (χ1) is 13.1. The predicted octanol–water partition coefficient (Wildman–Crippen LogP) is 2.16. The fourth-order valence-electron chi connectivity index (χ4n) is 5.81. The fourth-order valence-corrected chi connectivity index (χ4v) is 5.81. The van der Waals surface area contributed by atoms with Gasteiger partial charge in [-0.25, -0.2) is 0 Å². The van der Waals surface area contributed by atoms with E-state index in [1.165, 1.54) is 18.1 Å². The van der Waals surface area contributed by atoms with E-state index in [1.54, 1.807) is 0 Å². The van der Waals surface area contributed by atoms with E-state index in [-0.39, 0.29) is 23.6 Å². The summed E-state index contributed by atoms with van der Waals surface area (Å²) in [5.41, 5.74) is 3.51. The Labute approximate surface area is 159 Å². The SMILES string of the molecule is CCOc1cc(NC)c2c3c1OC1[C@@H](OC(C)=O)C=CC4C(C2)NCCC341. The van der Waals surface area contributed by atoms with E-state index in [9.17, 15) is 4.79 Å². The molecule has 1 saturated heterocycles. The van der Waals surface area contributed by atoms with Crippen molar-refractivity contribution < 1.29 is 19.0 Å². The normalized spacial score (nSPS) is 34.5. The largest absolute Gasteiger partial charge is 0.490 e. The molecule has 2 heterocycles. The maximum Gasteiger partial charge on any atom is 0.303 e. The van der Waals surface area contributed by atoms with Crippen molar-refractivity contribution in [1.82, 2.24) is 5.32 Å². The van der Waals surface area contributed by atoms with Crippen molar-refractivity contribution >= 4 is 11.7 Å². The monoisotopic (exact) mass is 370 g/mol. The number of nitrogens with one attached hydrogen (secondary N) is 2. The van der Waals surface area contributed by atoms with Gasteiger partial charge in [-0.05, 0) is 37.9 Å². The molecule has 27 heavy (non-hydrogen) atoms.